The van der Waals surface area contributed by atoms with E-state index in [4.69, 9.17) is 5.73 Å². The first kappa shape index (κ1) is 27.8. The molecule has 0 fully saturated rings. The molecular formula is C24H35N5O6. The molecule has 0 aliphatic heterocycles. The van der Waals surface area contributed by atoms with Crippen LogP contribution in [0.15, 0.2) is 30.5 Å². The van der Waals surface area contributed by atoms with Gasteiger partial charge in [-0.25, -0.2) is 4.79 Å². The molecule has 0 saturated carbocycles. The number of rotatable bonds is 12. The Morgan fingerprint density at radius 2 is 1.57 bits per heavy atom. The number of aromatic nitrogens is 1. The molecule has 11 heteroatoms. The maximum Gasteiger partial charge on any atom is 0.326 e. The highest BCUT2D eigenvalue weighted by atomic mass is 16.4. The Bertz CT molecular complexity index is 1050. The lowest BCUT2D eigenvalue weighted by molar-refractivity contribution is -0.142. The van der Waals surface area contributed by atoms with Crippen LogP contribution in [0.4, 0.5) is 0 Å². The molecule has 0 saturated heterocycles. The fourth-order valence-corrected chi connectivity index (χ4v) is 3.59. The number of fused-ring (bicyclic) bond motifs is 1. The van der Waals surface area contributed by atoms with E-state index in [-0.39, 0.29) is 18.8 Å². The van der Waals surface area contributed by atoms with Crippen LogP contribution in [0.1, 0.15) is 39.7 Å². The van der Waals surface area contributed by atoms with Crippen molar-refractivity contribution in [3.63, 3.8) is 0 Å². The van der Waals surface area contributed by atoms with Gasteiger partial charge in [0, 0.05) is 23.5 Å². The van der Waals surface area contributed by atoms with Crippen LogP contribution in [0.25, 0.3) is 10.9 Å². The third kappa shape index (κ3) is 7.79. The topological polar surface area (TPSA) is 187 Å². The molecule has 1 heterocycles. The Labute approximate surface area is 203 Å². The second-order valence-corrected chi connectivity index (χ2v) is 9.15. The van der Waals surface area contributed by atoms with Gasteiger partial charge in [-0.15, -0.1) is 0 Å². The average molecular weight is 490 g/mol. The molecule has 192 valence electrons. The number of amides is 3. The molecule has 2 aromatic rings. The molecular weight excluding hydrogens is 454 g/mol. The number of hydrogen-bond acceptors (Lipinski definition) is 6. The minimum Gasteiger partial charge on any atom is -0.480 e. The van der Waals surface area contributed by atoms with Gasteiger partial charge in [0.2, 0.25) is 17.7 Å². The predicted octanol–water partition coefficient (Wildman–Crippen LogP) is 0.0235. The smallest absolute Gasteiger partial charge is 0.326 e. The number of H-pyrrole nitrogens is 1. The van der Waals surface area contributed by atoms with Crippen molar-refractivity contribution in [2.45, 2.75) is 70.8 Å². The van der Waals surface area contributed by atoms with Gasteiger partial charge >= 0.3 is 5.97 Å². The molecule has 0 spiro atoms. The van der Waals surface area contributed by atoms with Crippen LogP contribution >= 0.6 is 0 Å². The summed E-state index contributed by atoms with van der Waals surface area (Å²) in [6.07, 6.45) is 0.925. The number of carboxylic acid groups (broad SMARTS) is 1. The fourth-order valence-electron chi connectivity index (χ4n) is 3.59. The third-order valence-corrected chi connectivity index (χ3v) is 5.63. The monoisotopic (exact) mass is 489 g/mol. The molecule has 0 radical (unpaired) electrons. The van der Waals surface area contributed by atoms with Crippen molar-refractivity contribution < 1.29 is 29.4 Å². The number of hydrogen-bond donors (Lipinski definition) is 7. The van der Waals surface area contributed by atoms with Gasteiger partial charge in [-0.05, 0) is 37.8 Å². The van der Waals surface area contributed by atoms with Gasteiger partial charge < -0.3 is 36.9 Å². The quantitative estimate of drug-likeness (QED) is 0.219. The van der Waals surface area contributed by atoms with E-state index in [9.17, 15) is 29.4 Å². The number of aliphatic hydroxyl groups excluding tert-OH is 1. The van der Waals surface area contributed by atoms with E-state index in [0.717, 1.165) is 16.5 Å². The number of carboxylic acids is 1. The van der Waals surface area contributed by atoms with Crippen LogP contribution in [-0.2, 0) is 25.6 Å². The van der Waals surface area contributed by atoms with Crippen LogP contribution < -0.4 is 21.7 Å². The van der Waals surface area contributed by atoms with E-state index < -0.39 is 54.0 Å². The molecule has 0 aliphatic rings. The SMILES string of the molecule is CC(C)CC(NC(=O)C(Cc1c[nH]c2ccccc12)NC(=O)C(C)NC(=O)C(N)C(C)O)C(=O)O. The Hall–Kier alpha value is -3.44. The molecule has 5 unspecified atom stereocenters. The number of aliphatic hydroxyl groups is 1. The Morgan fingerprint density at radius 3 is 2.17 bits per heavy atom. The molecule has 0 bridgehead atoms. The van der Waals surface area contributed by atoms with E-state index in [0.29, 0.717) is 0 Å². The molecule has 1 aromatic heterocycles. The molecule has 0 aliphatic carbocycles. The maximum atomic E-state index is 13.1. The Morgan fingerprint density at radius 1 is 0.943 bits per heavy atom. The number of benzene rings is 1. The summed E-state index contributed by atoms with van der Waals surface area (Å²) in [5.74, 6) is -3.19. The molecule has 1 aromatic carbocycles. The summed E-state index contributed by atoms with van der Waals surface area (Å²) in [5.41, 5.74) is 7.21. The van der Waals surface area contributed by atoms with Gasteiger partial charge in [0.1, 0.15) is 24.2 Å². The van der Waals surface area contributed by atoms with E-state index in [1.54, 1.807) is 6.20 Å². The summed E-state index contributed by atoms with van der Waals surface area (Å²) in [6.45, 7) is 6.46. The number of nitrogens with two attached hydrogens (primary N) is 1. The van der Waals surface area contributed by atoms with Gasteiger partial charge in [-0.1, -0.05) is 32.0 Å². The van der Waals surface area contributed by atoms with Gasteiger partial charge in [-0.2, -0.15) is 0 Å². The molecule has 2 rings (SSSR count). The fraction of sp³-hybridized carbons (Fsp3) is 0.500. The minimum absolute atomic E-state index is 0.0198. The number of aromatic amines is 1. The van der Waals surface area contributed by atoms with E-state index >= 15 is 0 Å². The number of aliphatic carboxylic acids is 1. The molecule has 35 heavy (non-hydrogen) atoms. The largest absolute Gasteiger partial charge is 0.480 e. The van der Waals surface area contributed by atoms with Gasteiger partial charge in [0.05, 0.1) is 6.10 Å². The average Bonchev–Trinajstić information content (AvgIpc) is 3.19. The van der Waals surface area contributed by atoms with E-state index in [2.05, 4.69) is 20.9 Å². The summed E-state index contributed by atoms with van der Waals surface area (Å²) in [5, 5.41) is 27.4. The second-order valence-electron chi connectivity index (χ2n) is 9.15. The van der Waals surface area contributed by atoms with Crippen LogP contribution in [0.2, 0.25) is 0 Å². The lowest BCUT2D eigenvalue weighted by atomic mass is 10.0. The normalized spacial score (nSPS) is 15.6. The molecule has 5 atom stereocenters. The van der Waals surface area contributed by atoms with Gasteiger partial charge in [-0.3, -0.25) is 14.4 Å². The number of nitrogens with one attached hydrogen (secondary N) is 4. The standard InChI is InChI=1S/C24H35N5O6/c1-12(2)9-19(24(34)35)29-22(32)18(10-15-11-26-17-8-6-5-7-16(15)17)28-21(31)13(3)27-23(33)20(25)14(4)30/h5-8,11-14,18-20,26,30H,9-10,25H2,1-4H3,(H,27,33)(H,28,31)(H,29,32)(H,34,35). The highest BCUT2D eigenvalue weighted by Gasteiger charge is 2.30. The van der Waals surface area contributed by atoms with E-state index in [1.165, 1.54) is 13.8 Å². The van der Waals surface area contributed by atoms with Crippen LogP contribution in [0.3, 0.4) is 0 Å². The van der Waals surface area contributed by atoms with Crippen molar-refractivity contribution in [1.29, 1.82) is 0 Å². The van der Waals surface area contributed by atoms with Crippen LogP contribution in [-0.4, -0.2) is 69.2 Å². The first-order valence-electron chi connectivity index (χ1n) is 11.5. The zero-order valence-corrected chi connectivity index (χ0v) is 20.4. The zero-order valence-electron chi connectivity index (χ0n) is 20.4. The summed E-state index contributed by atoms with van der Waals surface area (Å²) >= 11 is 0. The lowest BCUT2D eigenvalue weighted by Gasteiger charge is -2.24. The molecule has 8 N–H and O–H groups in total. The highest BCUT2D eigenvalue weighted by molar-refractivity contribution is 5.94. The van der Waals surface area contributed by atoms with Crippen molar-refractivity contribution >= 4 is 34.6 Å². The molecule has 11 nitrogen and oxygen atoms in total. The van der Waals surface area contributed by atoms with Crippen molar-refractivity contribution in [1.82, 2.24) is 20.9 Å². The number of carbonyl (C=O) groups is 4. The zero-order chi connectivity index (χ0) is 26.3. The van der Waals surface area contributed by atoms with Crippen molar-refractivity contribution in [2.24, 2.45) is 11.7 Å². The van der Waals surface area contributed by atoms with Crippen molar-refractivity contribution in [3.05, 3.63) is 36.0 Å². The first-order chi connectivity index (χ1) is 16.4. The number of carbonyl (C=O) groups excluding carboxylic acids is 3. The predicted molar refractivity (Wildman–Crippen MR) is 130 cm³/mol. The van der Waals surface area contributed by atoms with Crippen molar-refractivity contribution in [2.75, 3.05) is 0 Å². The summed E-state index contributed by atoms with van der Waals surface area (Å²) in [7, 11) is 0. The van der Waals surface area contributed by atoms with E-state index in [1.807, 2.05) is 38.1 Å². The van der Waals surface area contributed by atoms with Crippen LogP contribution in [0.5, 0.6) is 0 Å². The second kappa shape index (κ2) is 12.3. The number of para-hydroxylation sites is 1. The van der Waals surface area contributed by atoms with Crippen LogP contribution in [0, 0.1) is 5.92 Å². The maximum absolute atomic E-state index is 13.1. The first-order valence-corrected chi connectivity index (χ1v) is 11.5. The minimum atomic E-state index is -1.22. The lowest BCUT2D eigenvalue weighted by Crippen LogP contribution is -2.57. The highest BCUT2D eigenvalue weighted by Crippen LogP contribution is 2.19. The summed E-state index contributed by atoms with van der Waals surface area (Å²) in [4.78, 5) is 52.9. The van der Waals surface area contributed by atoms with Gasteiger partial charge in [0.25, 0.3) is 0 Å². The third-order valence-electron chi connectivity index (χ3n) is 5.63. The Kier molecular flexibility index (Phi) is 9.78. The summed E-state index contributed by atoms with van der Waals surface area (Å²) in [6, 6.07) is 2.95. The van der Waals surface area contributed by atoms with Gasteiger partial charge in [0.15, 0.2) is 0 Å². The van der Waals surface area contributed by atoms with Crippen molar-refractivity contribution in [3.8, 4) is 0 Å². The molecule has 3 amide bonds. The summed E-state index contributed by atoms with van der Waals surface area (Å²) < 4.78 is 0. The Balaban J connectivity index is 2.23.